The van der Waals surface area contributed by atoms with Crippen LogP contribution in [0.2, 0.25) is 0 Å². The van der Waals surface area contributed by atoms with Gasteiger partial charge >= 0.3 is 0 Å². The molecule has 1 saturated carbocycles. The molecule has 1 heterocycles. The van der Waals surface area contributed by atoms with Crippen molar-refractivity contribution >= 4 is 5.69 Å². The fourth-order valence-electron chi connectivity index (χ4n) is 2.03. The second-order valence-corrected chi connectivity index (χ2v) is 4.70. The second-order valence-electron chi connectivity index (χ2n) is 4.70. The Bertz CT molecular complexity index is 369. The lowest BCUT2D eigenvalue weighted by molar-refractivity contribution is -0.0874. The molecule has 16 heavy (non-hydrogen) atoms. The summed E-state index contributed by atoms with van der Waals surface area (Å²) in [4.78, 5) is 4.22. The Morgan fingerprint density at radius 2 is 2.12 bits per heavy atom. The van der Waals surface area contributed by atoms with Gasteiger partial charge in [0.1, 0.15) is 0 Å². The van der Waals surface area contributed by atoms with E-state index in [2.05, 4.69) is 10.3 Å². The Kier molecular flexibility index (Phi) is 2.82. The normalized spacial score (nSPS) is 19.6. The fraction of sp³-hybridized carbons (Fsp3) is 0.583. The fourth-order valence-corrected chi connectivity index (χ4v) is 2.03. The van der Waals surface area contributed by atoms with Crippen molar-refractivity contribution in [3.05, 3.63) is 24.0 Å². The van der Waals surface area contributed by atoms with Gasteiger partial charge in [0.2, 0.25) is 5.92 Å². The molecule has 1 aromatic rings. The van der Waals surface area contributed by atoms with Gasteiger partial charge in [0, 0.05) is 31.0 Å². The van der Waals surface area contributed by atoms with Crippen LogP contribution in [0.15, 0.2) is 18.3 Å². The van der Waals surface area contributed by atoms with Crippen molar-refractivity contribution in [1.29, 1.82) is 0 Å². The van der Waals surface area contributed by atoms with Crippen LogP contribution in [0.1, 0.15) is 38.3 Å². The Morgan fingerprint density at radius 1 is 1.44 bits per heavy atom. The van der Waals surface area contributed by atoms with Gasteiger partial charge in [0.25, 0.3) is 0 Å². The molecule has 0 atom stereocenters. The van der Waals surface area contributed by atoms with Gasteiger partial charge in [-0.05, 0) is 26.0 Å². The maximum absolute atomic E-state index is 12.8. The quantitative estimate of drug-likeness (QED) is 0.854. The summed E-state index contributed by atoms with van der Waals surface area (Å²) in [6.07, 6.45) is 1.52. The van der Waals surface area contributed by atoms with Crippen molar-refractivity contribution in [2.75, 3.05) is 5.32 Å². The molecule has 4 heteroatoms. The van der Waals surface area contributed by atoms with E-state index in [4.69, 9.17) is 0 Å². The van der Waals surface area contributed by atoms with Crippen molar-refractivity contribution < 1.29 is 8.78 Å². The van der Waals surface area contributed by atoms with E-state index in [1.54, 1.807) is 6.20 Å². The zero-order valence-corrected chi connectivity index (χ0v) is 9.50. The Balaban J connectivity index is 2.15. The molecule has 1 aromatic heterocycles. The molecule has 0 radical (unpaired) electrons. The summed E-state index contributed by atoms with van der Waals surface area (Å²) < 4.78 is 25.6. The van der Waals surface area contributed by atoms with Crippen molar-refractivity contribution in [1.82, 2.24) is 4.98 Å². The Morgan fingerprint density at radius 3 is 2.69 bits per heavy atom. The number of anilines is 1. The van der Waals surface area contributed by atoms with Gasteiger partial charge in [0.15, 0.2) is 0 Å². The van der Waals surface area contributed by atoms with E-state index in [1.165, 1.54) is 0 Å². The van der Waals surface area contributed by atoms with Crippen LogP contribution in [-0.4, -0.2) is 16.9 Å². The zero-order chi connectivity index (χ0) is 11.8. The number of halogens is 2. The van der Waals surface area contributed by atoms with E-state index in [0.29, 0.717) is 0 Å². The van der Waals surface area contributed by atoms with Crippen LogP contribution in [0.5, 0.6) is 0 Å². The first kappa shape index (κ1) is 11.3. The van der Waals surface area contributed by atoms with Crippen molar-refractivity contribution in [3.63, 3.8) is 0 Å². The van der Waals surface area contributed by atoms with Gasteiger partial charge in [-0.2, -0.15) is 0 Å². The van der Waals surface area contributed by atoms with Gasteiger partial charge < -0.3 is 5.32 Å². The highest BCUT2D eigenvalue weighted by atomic mass is 19.3. The summed E-state index contributed by atoms with van der Waals surface area (Å²) >= 11 is 0. The Hall–Kier alpha value is -1.19. The molecular formula is C12H16F2N2. The van der Waals surface area contributed by atoms with Crippen molar-refractivity contribution in [3.8, 4) is 0 Å². The number of pyridine rings is 1. The summed E-state index contributed by atoms with van der Waals surface area (Å²) in [6, 6.07) is 4.01. The molecule has 88 valence electrons. The molecule has 1 aliphatic rings. The highest BCUT2D eigenvalue weighted by Gasteiger charge is 2.47. The molecule has 2 nitrogen and oxygen atoms in total. The van der Waals surface area contributed by atoms with E-state index >= 15 is 0 Å². The van der Waals surface area contributed by atoms with Crippen LogP contribution in [-0.2, 0) is 0 Å². The number of hydrogen-bond acceptors (Lipinski definition) is 2. The number of rotatable bonds is 3. The largest absolute Gasteiger partial charge is 0.381 e. The molecular weight excluding hydrogens is 210 g/mol. The minimum atomic E-state index is -2.49. The van der Waals surface area contributed by atoms with Gasteiger partial charge in [-0.3, -0.25) is 4.98 Å². The average molecular weight is 226 g/mol. The molecule has 0 saturated heterocycles. The van der Waals surface area contributed by atoms with Crippen molar-refractivity contribution in [2.45, 2.75) is 44.6 Å². The summed E-state index contributed by atoms with van der Waals surface area (Å²) in [6.45, 7) is 4.04. The van der Waals surface area contributed by atoms with E-state index in [0.717, 1.165) is 11.4 Å². The van der Waals surface area contributed by atoms with Gasteiger partial charge in [-0.1, -0.05) is 0 Å². The smallest absolute Gasteiger partial charge is 0.249 e. The zero-order valence-electron chi connectivity index (χ0n) is 9.50. The number of nitrogens with zero attached hydrogens (tertiary/aromatic N) is 1. The molecule has 2 rings (SSSR count). The minimum Gasteiger partial charge on any atom is -0.381 e. The minimum absolute atomic E-state index is 0.0726. The SMILES string of the molecule is CC(C)Nc1cccnc1C1CC(F)(F)C1. The summed E-state index contributed by atoms with van der Waals surface area (Å²) in [7, 11) is 0. The van der Waals surface area contributed by atoms with E-state index in [1.807, 2.05) is 26.0 Å². The molecule has 0 aromatic carbocycles. The van der Waals surface area contributed by atoms with Crippen molar-refractivity contribution in [2.24, 2.45) is 0 Å². The maximum Gasteiger partial charge on any atom is 0.249 e. The lowest BCUT2D eigenvalue weighted by Crippen LogP contribution is -2.34. The number of nitrogens with one attached hydrogen (secondary N) is 1. The van der Waals surface area contributed by atoms with Crippen LogP contribution in [0.3, 0.4) is 0 Å². The first-order chi connectivity index (χ1) is 7.48. The molecule has 0 aliphatic heterocycles. The van der Waals surface area contributed by atoms with Gasteiger partial charge in [-0.25, -0.2) is 8.78 Å². The number of hydrogen-bond donors (Lipinski definition) is 1. The van der Waals surface area contributed by atoms with Crippen LogP contribution in [0, 0.1) is 0 Å². The third-order valence-electron chi connectivity index (χ3n) is 2.76. The second kappa shape index (κ2) is 4.00. The topological polar surface area (TPSA) is 24.9 Å². The molecule has 0 spiro atoms. The average Bonchev–Trinajstić information content (AvgIpc) is 2.14. The first-order valence-corrected chi connectivity index (χ1v) is 5.57. The van der Waals surface area contributed by atoms with E-state index in [-0.39, 0.29) is 24.8 Å². The lowest BCUT2D eigenvalue weighted by Gasteiger charge is -2.35. The third kappa shape index (κ3) is 2.31. The lowest BCUT2D eigenvalue weighted by atomic mass is 9.78. The van der Waals surface area contributed by atoms with E-state index in [9.17, 15) is 8.78 Å². The summed E-state index contributed by atoms with van der Waals surface area (Å²) in [5, 5.41) is 3.24. The third-order valence-corrected chi connectivity index (χ3v) is 2.76. The molecule has 0 amide bonds. The Labute approximate surface area is 94.1 Å². The van der Waals surface area contributed by atoms with Crippen LogP contribution in [0.25, 0.3) is 0 Å². The first-order valence-electron chi connectivity index (χ1n) is 5.57. The standard InChI is InChI=1S/C12H16F2N2/c1-8(2)16-10-4-3-5-15-11(10)9-6-12(13,14)7-9/h3-5,8-9,16H,6-7H2,1-2H3. The maximum atomic E-state index is 12.8. The predicted octanol–water partition coefficient (Wildman–Crippen LogP) is 3.41. The van der Waals surface area contributed by atoms with Crippen LogP contribution >= 0.6 is 0 Å². The highest BCUT2D eigenvalue weighted by molar-refractivity contribution is 5.50. The number of alkyl halides is 2. The molecule has 1 aliphatic carbocycles. The molecule has 1 fully saturated rings. The van der Waals surface area contributed by atoms with Crippen LogP contribution in [0.4, 0.5) is 14.5 Å². The number of aromatic nitrogens is 1. The molecule has 0 unspecified atom stereocenters. The molecule has 1 N–H and O–H groups in total. The van der Waals surface area contributed by atoms with Crippen LogP contribution < -0.4 is 5.32 Å². The predicted molar refractivity (Wildman–Crippen MR) is 59.9 cm³/mol. The van der Waals surface area contributed by atoms with E-state index < -0.39 is 5.92 Å². The highest BCUT2D eigenvalue weighted by Crippen LogP contribution is 2.49. The molecule has 0 bridgehead atoms. The monoisotopic (exact) mass is 226 g/mol. The summed E-state index contributed by atoms with van der Waals surface area (Å²) in [5.41, 5.74) is 1.67. The summed E-state index contributed by atoms with van der Waals surface area (Å²) in [5.74, 6) is -2.59. The van der Waals surface area contributed by atoms with Gasteiger partial charge in [-0.15, -0.1) is 0 Å². The van der Waals surface area contributed by atoms with Gasteiger partial charge in [0.05, 0.1) is 11.4 Å².